The van der Waals surface area contributed by atoms with E-state index in [-0.39, 0.29) is 6.54 Å². The lowest BCUT2D eigenvalue weighted by Crippen LogP contribution is -2.48. The van der Waals surface area contributed by atoms with Gasteiger partial charge in [0.05, 0.1) is 13.7 Å². The van der Waals surface area contributed by atoms with E-state index in [0.717, 1.165) is 29.7 Å². The molecule has 0 bridgehead atoms. The predicted molar refractivity (Wildman–Crippen MR) is 94.4 cm³/mol. The standard InChI is InChI=1S/C18H27N3O4/c1-21(2)10-9-19-16(22)17(23)20-12-18(24)8-4-5-13-11-14(25-3)6-7-15(13)18/h6-7,11,24H,4-5,8-10,12H2,1-3H3,(H,19,22)(H,20,23). The van der Waals surface area contributed by atoms with Crippen molar-refractivity contribution >= 4 is 11.8 Å². The molecule has 0 spiro atoms. The van der Waals surface area contributed by atoms with Crippen molar-refractivity contribution in [1.29, 1.82) is 0 Å². The van der Waals surface area contributed by atoms with Crippen LogP contribution >= 0.6 is 0 Å². The van der Waals surface area contributed by atoms with Crippen LogP contribution in [0.3, 0.4) is 0 Å². The Balaban J connectivity index is 1.96. The third kappa shape index (κ3) is 4.93. The van der Waals surface area contributed by atoms with Crippen LogP contribution in [0.2, 0.25) is 0 Å². The number of carbonyl (C=O) groups is 2. The second-order valence-corrected chi connectivity index (χ2v) is 6.65. The normalized spacial score (nSPS) is 19.2. The minimum Gasteiger partial charge on any atom is -0.497 e. The fourth-order valence-electron chi connectivity index (χ4n) is 3.03. The molecule has 0 radical (unpaired) electrons. The SMILES string of the molecule is COc1ccc2c(c1)CCCC2(O)CNC(=O)C(=O)NCCN(C)C. The van der Waals surface area contributed by atoms with Crippen LogP contribution in [-0.2, 0) is 21.6 Å². The third-order valence-corrected chi connectivity index (χ3v) is 4.44. The zero-order valence-corrected chi connectivity index (χ0v) is 15.1. The van der Waals surface area contributed by atoms with E-state index in [0.29, 0.717) is 19.5 Å². The summed E-state index contributed by atoms with van der Waals surface area (Å²) in [5, 5.41) is 16.1. The van der Waals surface area contributed by atoms with E-state index in [4.69, 9.17) is 4.74 Å². The molecule has 0 aliphatic heterocycles. The summed E-state index contributed by atoms with van der Waals surface area (Å²) in [5.74, 6) is -0.670. The average Bonchev–Trinajstić information content (AvgIpc) is 2.59. The molecule has 1 unspecified atom stereocenters. The summed E-state index contributed by atoms with van der Waals surface area (Å²) in [7, 11) is 5.38. The van der Waals surface area contributed by atoms with Gasteiger partial charge in [0.25, 0.3) is 0 Å². The van der Waals surface area contributed by atoms with Crippen molar-refractivity contribution in [1.82, 2.24) is 15.5 Å². The molecule has 2 amide bonds. The average molecular weight is 349 g/mol. The fourth-order valence-corrected chi connectivity index (χ4v) is 3.03. The lowest BCUT2D eigenvalue weighted by Gasteiger charge is -2.34. The molecule has 3 N–H and O–H groups in total. The molecule has 0 saturated heterocycles. The largest absolute Gasteiger partial charge is 0.497 e. The van der Waals surface area contributed by atoms with Gasteiger partial charge in [-0.25, -0.2) is 0 Å². The number of aliphatic hydroxyl groups is 1. The summed E-state index contributed by atoms with van der Waals surface area (Å²) in [6.07, 6.45) is 2.20. The molecule has 1 aromatic rings. The number of aryl methyl sites for hydroxylation is 1. The number of ether oxygens (including phenoxy) is 1. The van der Waals surface area contributed by atoms with Crippen molar-refractivity contribution < 1.29 is 19.4 Å². The first-order valence-corrected chi connectivity index (χ1v) is 8.46. The molecule has 0 aromatic heterocycles. The van der Waals surface area contributed by atoms with Gasteiger partial charge in [-0.15, -0.1) is 0 Å². The highest BCUT2D eigenvalue weighted by Crippen LogP contribution is 2.36. The highest BCUT2D eigenvalue weighted by atomic mass is 16.5. The van der Waals surface area contributed by atoms with Crippen LogP contribution in [0.1, 0.15) is 24.0 Å². The number of fused-ring (bicyclic) bond motifs is 1. The Kier molecular flexibility index (Phi) is 6.39. The van der Waals surface area contributed by atoms with Gasteiger partial charge < -0.3 is 25.4 Å². The summed E-state index contributed by atoms with van der Waals surface area (Å²) in [6, 6.07) is 5.54. The molecular weight excluding hydrogens is 322 g/mol. The maximum Gasteiger partial charge on any atom is 0.309 e. The third-order valence-electron chi connectivity index (χ3n) is 4.44. The first-order chi connectivity index (χ1) is 11.9. The molecule has 0 fully saturated rings. The van der Waals surface area contributed by atoms with Crippen LogP contribution in [0.5, 0.6) is 5.75 Å². The quantitative estimate of drug-likeness (QED) is 0.630. The zero-order chi connectivity index (χ0) is 18.4. The van der Waals surface area contributed by atoms with Gasteiger partial charge in [-0.05, 0) is 56.6 Å². The van der Waals surface area contributed by atoms with Crippen LogP contribution in [0.25, 0.3) is 0 Å². The first kappa shape index (κ1) is 19.2. The molecule has 0 heterocycles. The molecule has 1 aliphatic carbocycles. The maximum atomic E-state index is 11.9. The lowest BCUT2D eigenvalue weighted by molar-refractivity contribution is -0.140. The highest BCUT2D eigenvalue weighted by molar-refractivity contribution is 6.35. The van der Waals surface area contributed by atoms with Crippen LogP contribution in [0.4, 0.5) is 0 Å². The van der Waals surface area contributed by atoms with Crippen LogP contribution in [0.15, 0.2) is 18.2 Å². The second kappa shape index (κ2) is 8.31. The van der Waals surface area contributed by atoms with Gasteiger partial charge in [-0.3, -0.25) is 9.59 Å². The number of benzene rings is 1. The Labute approximate surface area is 148 Å². The van der Waals surface area contributed by atoms with Crippen molar-refractivity contribution in [3.05, 3.63) is 29.3 Å². The number of amides is 2. The molecule has 1 aliphatic rings. The molecule has 2 rings (SSSR count). The number of likely N-dealkylation sites (N-methyl/N-ethyl adjacent to an activating group) is 1. The van der Waals surface area contributed by atoms with Gasteiger partial charge in [0.2, 0.25) is 0 Å². The van der Waals surface area contributed by atoms with Crippen molar-refractivity contribution in [3.63, 3.8) is 0 Å². The Morgan fingerprint density at radius 3 is 2.68 bits per heavy atom. The summed E-state index contributed by atoms with van der Waals surface area (Å²) in [6.45, 7) is 1.05. The van der Waals surface area contributed by atoms with Gasteiger partial charge in [-0.2, -0.15) is 0 Å². The number of nitrogens with one attached hydrogen (secondary N) is 2. The van der Waals surface area contributed by atoms with Gasteiger partial charge in [0.15, 0.2) is 0 Å². The van der Waals surface area contributed by atoms with Gasteiger partial charge in [0.1, 0.15) is 11.4 Å². The lowest BCUT2D eigenvalue weighted by atomic mass is 9.79. The van der Waals surface area contributed by atoms with Gasteiger partial charge >= 0.3 is 11.8 Å². The topological polar surface area (TPSA) is 90.9 Å². The smallest absolute Gasteiger partial charge is 0.309 e. The Morgan fingerprint density at radius 2 is 2.00 bits per heavy atom. The van der Waals surface area contributed by atoms with E-state index in [1.165, 1.54) is 0 Å². The Bertz CT molecular complexity index is 633. The fraction of sp³-hybridized carbons (Fsp3) is 0.556. The second-order valence-electron chi connectivity index (χ2n) is 6.65. The number of hydrogen-bond donors (Lipinski definition) is 3. The number of rotatable bonds is 6. The van der Waals surface area contributed by atoms with E-state index < -0.39 is 17.4 Å². The van der Waals surface area contributed by atoms with E-state index in [1.807, 2.05) is 31.1 Å². The number of carbonyl (C=O) groups excluding carboxylic acids is 2. The molecule has 7 heteroatoms. The Morgan fingerprint density at radius 1 is 1.28 bits per heavy atom. The summed E-state index contributed by atoms with van der Waals surface area (Å²) in [5.41, 5.74) is 0.630. The molecule has 0 saturated carbocycles. The maximum absolute atomic E-state index is 11.9. The number of hydrogen-bond acceptors (Lipinski definition) is 5. The van der Waals surface area contributed by atoms with E-state index in [9.17, 15) is 14.7 Å². The summed E-state index contributed by atoms with van der Waals surface area (Å²) >= 11 is 0. The number of methoxy groups -OCH3 is 1. The van der Waals surface area contributed by atoms with Crippen molar-refractivity contribution in [2.45, 2.75) is 24.9 Å². The molecule has 1 atom stereocenters. The van der Waals surface area contributed by atoms with Crippen LogP contribution in [-0.4, -0.2) is 62.7 Å². The molecule has 138 valence electrons. The zero-order valence-electron chi connectivity index (χ0n) is 15.1. The monoisotopic (exact) mass is 349 g/mol. The first-order valence-electron chi connectivity index (χ1n) is 8.46. The molecule has 25 heavy (non-hydrogen) atoms. The van der Waals surface area contributed by atoms with Crippen LogP contribution < -0.4 is 15.4 Å². The van der Waals surface area contributed by atoms with E-state index in [1.54, 1.807) is 13.2 Å². The minimum atomic E-state index is -1.17. The van der Waals surface area contributed by atoms with Crippen molar-refractivity contribution in [2.24, 2.45) is 0 Å². The Hall–Kier alpha value is -2.12. The number of nitrogens with zero attached hydrogens (tertiary/aromatic N) is 1. The van der Waals surface area contributed by atoms with Crippen molar-refractivity contribution in [3.8, 4) is 5.75 Å². The molecule has 1 aromatic carbocycles. The van der Waals surface area contributed by atoms with Gasteiger partial charge in [-0.1, -0.05) is 6.07 Å². The summed E-state index contributed by atoms with van der Waals surface area (Å²) in [4.78, 5) is 25.6. The highest BCUT2D eigenvalue weighted by Gasteiger charge is 2.35. The minimum absolute atomic E-state index is 0.00621. The van der Waals surface area contributed by atoms with E-state index in [2.05, 4.69) is 10.6 Å². The van der Waals surface area contributed by atoms with E-state index >= 15 is 0 Å². The predicted octanol–water partition coefficient (Wildman–Crippen LogP) is 0.0131. The van der Waals surface area contributed by atoms with Gasteiger partial charge in [0, 0.05) is 13.1 Å². The van der Waals surface area contributed by atoms with Crippen LogP contribution in [0, 0.1) is 0 Å². The summed E-state index contributed by atoms with van der Waals surface area (Å²) < 4.78 is 5.22. The molecule has 7 nitrogen and oxygen atoms in total. The van der Waals surface area contributed by atoms with Crippen molar-refractivity contribution in [2.75, 3.05) is 40.8 Å². The molecular formula is C18H27N3O4.